The minimum absolute atomic E-state index is 0.110. The second-order valence-electron chi connectivity index (χ2n) is 5.14. The Morgan fingerprint density at radius 1 is 1.00 bits per heavy atom. The highest BCUT2D eigenvalue weighted by Gasteiger charge is 2.11. The van der Waals surface area contributed by atoms with E-state index in [2.05, 4.69) is 15.5 Å². The highest BCUT2D eigenvalue weighted by molar-refractivity contribution is 5.77. The van der Waals surface area contributed by atoms with Crippen molar-refractivity contribution in [3.8, 4) is 11.5 Å². The molecule has 1 amide bonds. The van der Waals surface area contributed by atoms with Gasteiger partial charge in [-0.3, -0.25) is 4.79 Å². The van der Waals surface area contributed by atoms with E-state index in [4.69, 9.17) is 4.52 Å². The predicted octanol–water partition coefficient (Wildman–Crippen LogP) is 2.64. The third-order valence-electron chi connectivity index (χ3n) is 3.39. The number of rotatable bonds is 6. The van der Waals surface area contributed by atoms with E-state index < -0.39 is 0 Å². The maximum absolute atomic E-state index is 11.9. The first-order chi connectivity index (χ1) is 11.3. The maximum atomic E-state index is 11.9. The third-order valence-corrected chi connectivity index (χ3v) is 3.39. The minimum Gasteiger partial charge on any atom is -0.355 e. The van der Waals surface area contributed by atoms with Crippen LogP contribution < -0.4 is 5.32 Å². The lowest BCUT2D eigenvalue weighted by atomic mass is 10.1. The highest BCUT2D eigenvalue weighted by Crippen LogP contribution is 2.16. The molecule has 0 fully saturated rings. The summed E-state index contributed by atoms with van der Waals surface area (Å²) < 4.78 is 5.18. The van der Waals surface area contributed by atoms with Gasteiger partial charge in [-0.2, -0.15) is 4.98 Å². The number of hydrogen-bond donors (Lipinski definition) is 1. The van der Waals surface area contributed by atoms with E-state index >= 15 is 0 Å². The van der Waals surface area contributed by atoms with Crippen molar-refractivity contribution in [2.75, 3.05) is 6.54 Å². The van der Waals surface area contributed by atoms with Crippen LogP contribution >= 0.6 is 0 Å². The number of nitrogens with zero attached hydrogens (tertiary/aromatic N) is 2. The number of carbonyl (C=O) groups excluding carboxylic acids is 1. The summed E-state index contributed by atoms with van der Waals surface area (Å²) in [4.78, 5) is 16.2. The number of benzene rings is 2. The van der Waals surface area contributed by atoms with Gasteiger partial charge in [0.15, 0.2) is 5.82 Å². The van der Waals surface area contributed by atoms with Crippen LogP contribution in [0.15, 0.2) is 65.2 Å². The molecule has 5 heteroatoms. The molecule has 0 saturated heterocycles. The Hall–Kier alpha value is -2.95. The van der Waals surface area contributed by atoms with Crippen LogP contribution in [-0.4, -0.2) is 22.6 Å². The largest absolute Gasteiger partial charge is 0.355 e. The Morgan fingerprint density at radius 2 is 1.70 bits per heavy atom. The molecule has 1 heterocycles. The molecule has 0 radical (unpaired) electrons. The molecule has 0 unspecified atom stereocenters. The van der Waals surface area contributed by atoms with E-state index in [0.29, 0.717) is 18.3 Å². The lowest BCUT2D eigenvalue weighted by Gasteiger charge is -2.03. The zero-order valence-electron chi connectivity index (χ0n) is 12.6. The Labute approximate surface area is 134 Å². The molecule has 0 saturated carbocycles. The summed E-state index contributed by atoms with van der Waals surface area (Å²) in [5.74, 6) is 0.708. The van der Waals surface area contributed by atoms with Crippen LogP contribution in [0.2, 0.25) is 0 Å². The molecule has 116 valence electrons. The number of carbonyl (C=O) groups is 1. The molecule has 3 rings (SSSR count). The highest BCUT2D eigenvalue weighted by atomic mass is 16.5. The first-order valence-corrected chi connectivity index (χ1v) is 7.50. The van der Waals surface area contributed by atoms with E-state index in [1.807, 2.05) is 60.7 Å². The molecule has 1 aromatic heterocycles. The van der Waals surface area contributed by atoms with Gasteiger partial charge in [-0.25, -0.2) is 0 Å². The van der Waals surface area contributed by atoms with Gasteiger partial charge in [-0.1, -0.05) is 53.7 Å². The number of aromatic nitrogens is 2. The van der Waals surface area contributed by atoms with Gasteiger partial charge in [0.2, 0.25) is 5.91 Å². The minimum atomic E-state index is -0.110. The van der Waals surface area contributed by atoms with E-state index in [1.165, 1.54) is 5.56 Å². The molecule has 0 atom stereocenters. The van der Waals surface area contributed by atoms with Gasteiger partial charge < -0.3 is 9.84 Å². The SMILES string of the molecule is O=C(Cc1noc(-c2ccccc2)n1)NCCc1ccccc1. The Kier molecular flexibility index (Phi) is 4.79. The molecule has 2 aromatic carbocycles. The van der Waals surface area contributed by atoms with Crippen molar-refractivity contribution in [1.29, 1.82) is 0 Å². The molecule has 23 heavy (non-hydrogen) atoms. The van der Waals surface area contributed by atoms with Gasteiger partial charge in [0.05, 0.1) is 6.42 Å². The lowest BCUT2D eigenvalue weighted by Crippen LogP contribution is -2.27. The quantitative estimate of drug-likeness (QED) is 0.760. The summed E-state index contributed by atoms with van der Waals surface area (Å²) >= 11 is 0. The second-order valence-corrected chi connectivity index (χ2v) is 5.14. The summed E-state index contributed by atoms with van der Waals surface area (Å²) in [5, 5.41) is 6.72. The maximum Gasteiger partial charge on any atom is 0.257 e. The van der Waals surface area contributed by atoms with Crippen molar-refractivity contribution < 1.29 is 9.32 Å². The molecule has 1 N–H and O–H groups in total. The van der Waals surface area contributed by atoms with E-state index in [9.17, 15) is 4.79 Å². The van der Waals surface area contributed by atoms with Crippen LogP contribution in [0.25, 0.3) is 11.5 Å². The first kappa shape index (κ1) is 15.0. The van der Waals surface area contributed by atoms with Crippen LogP contribution in [-0.2, 0) is 17.6 Å². The molecule has 0 bridgehead atoms. The van der Waals surface area contributed by atoms with Crippen molar-refractivity contribution >= 4 is 5.91 Å². The molecule has 0 spiro atoms. The molecular weight excluding hydrogens is 290 g/mol. The fourth-order valence-corrected chi connectivity index (χ4v) is 2.22. The van der Waals surface area contributed by atoms with Crippen molar-refractivity contribution in [3.05, 3.63) is 72.1 Å². The fourth-order valence-electron chi connectivity index (χ4n) is 2.22. The van der Waals surface area contributed by atoms with Crippen LogP contribution in [0, 0.1) is 0 Å². The van der Waals surface area contributed by atoms with Crippen molar-refractivity contribution in [2.24, 2.45) is 0 Å². The number of amides is 1. The summed E-state index contributed by atoms with van der Waals surface area (Å²) in [5.41, 5.74) is 2.04. The normalized spacial score (nSPS) is 10.4. The van der Waals surface area contributed by atoms with Crippen LogP contribution in [0.3, 0.4) is 0 Å². The molecule has 5 nitrogen and oxygen atoms in total. The zero-order chi connectivity index (χ0) is 15.9. The topological polar surface area (TPSA) is 68.0 Å². The van der Waals surface area contributed by atoms with Gasteiger partial charge in [0, 0.05) is 12.1 Å². The monoisotopic (exact) mass is 307 g/mol. The number of hydrogen-bond acceptors (Lipinski definition) is 4. The van der Waals surface area contributed by atoms with Crippen LogP contribution in [0.1, 0.15) is 11.4 Å². The van der Waals surface area contributed by atoms with E-state index in [-0.39, 0.29) is 12.3 Å². The van der Waals surface area contributed by atoms with Gasteiger partial charge in [-0.05, 0) is 24.1 Å². The summed E-state index contributed by atoms with van der Waals surface area (Å²) in [7, 11) is 0. The van der Waals surface area contributed by atoms with E-state index in [1.54, 1.807) is 0 Å². The average Bonchev–Trinajstić information content (AvgIpc) is 3.05. The van der Waals surface area contributed by atoms with Crippen molar-refractivity contribution in [1.82, 2.24) is 15.5 Å². The second kappa shape index (κ2) is 7.35. The number of nitrogens with one attached hydrogen (secondary N) is 1. The standard InChI is InChI=1S/C18H17N3O2/c22-17(19-12-11-14-7-3-1-4-8-14)13-16-20-18(23-21-16)15-9-5-2-6-10-15/h1-10H,11-13H2,(H,19,22). The van der Waals surface area contributed by atoms with Crippen molar-refractivity contribution in [3.63, 3.8) is 0 Å². The van der Waals surface area contributed by atoms with Gasteiger partial charge in [-0.15, -0.1) is 0 Å². The van der Waals surface area contributed by atoms with Gasteiger partial charge in [0.1, 0.15) is 0 Å². The van der Waals surface area contributed by atoms with Crippen LogP contribution in [0.4, 0.5) is 0 Å². The molecule has 0 aliphatic carbocycles. The Morgan fingerprint density at radius 3 is 2.43 bits per heavy atom. The van der Waals surface area contributed by atoms with Gasteiger partial charge >= 0.3 is 0 Å². The molecule has 3 aromatic rings. The Bertz CT molecular complexity index is 754. The predicted molar refractivity (Wildman–Crippen MR) is 86.6 cm³/mol. The van der Waals surface area contributed by atoms with Crippen LogP contribution in [0.5, 0.6) is 0 Å². The average molecular weight is 307 g/mol. The summed E-state index contributed by atoms with van der Waals surface area (Å²) in [6, 6.07) is 19.5. The summed E-state index contributed by atoms with van der Waals surface area (Å²) in [6.07, 6.45) is 0.916. The molecule has 0 aliphatic rings. The third kappa shape index (κ3) is 4.26. The lowest BCUT2D eigenvalue weighted by molar-refractivity contribution is -0.120. The molecular formula is C18H17N3O2. The van der Waals surface area contributed by atoms with Crippen molar-refractivity contribution in [2.45, 2.75) is 12.8 Å². The van der Waals surface area contributed by atoms with Gasteiger partial charge in [0.25, 0.3) is 5.89 Å². The molecule has 0 aliphatic heterocycles. The zero-order valence-corrected chi connectivity index (χ0v) is 12.6. The fraction of sp³-hybridized carbons (Fsp3) is 0.167. The first-order valence-electron chi connectivity index (χ1n) is 7.50. The smallest absolute Gasteiger partial charge is 0.257 e. The summed E-state index contributed by atoms with van der Waals surface area (Å²) in [6.45, 7) is 0.590. The van der Waals surface area contributed by atoms with E-state index in [0.717, 1.165) is 12.0 Å². The Balaban J connectivity index is 1.49.